The van der Waals surface area contributed by atoms with Crippen LogP contribution in [-0.2, 0) is 14.4 Å². The van der Waals surface area contributed by atoms with E-state index in [4.69, 9.17) is 9.62 Å². The second kappa shape index (κ2) is 4.06. The first-order valence-corrected chi connectivity index (χ1v) is 7.14. The third kappa shape index (κ3) is 1.62. The van der Waals surface area contributed by atoms with Crippen molar-refractivity contribution in [3.8, 4) is 0 Å². The van der Waals surface area contributed by atoms with Crippen LogP contribution >= 0.6 is 0 Å². The molecule has 1 heterocycles. The fraction of sp³-hybridized carbons (Fsp3) is 0.800. The lowest BCUT2D eigenvalue weighted by Gasteiger charge is -2.53. The molecule has 1 aliphatic heterocycles. The zero-order valence-corrected chi connectivity index (χ0v) is 11.6. The summed E-state index contributed by atoms with van der Waals surface area (Å²) in [5.74, 6) is -0.365. The van der Waals surface area contributed by atoms with Gasteiger partial charge in [-0.2, -0.15) is 0 Å². The maximum atomic E-state index is 11.9. The average Bonchev–Trinajstić information content (AvgIpc) is 2.60. The molecule has 5 atom stereocenters. The molecule has 3 fully saturated rings. The Morgan fingerprint density at radius 3 is 2.89 bits per heavy atom. The molecule has 19 heavy (non-hydrogen) atoms. The van der Waals surface area contributed by atoms with Crippen LogP contribution in [0, 0.1) is 17.3 Å². The molecule has 0 bridgehead atoms. The summed E-state index contributed by atoms with van der Waals surface area (Å²) in [6, 6.07) is 0. The Morgan fingerprint density at radius 1 is 1.47 bits per heavy atom. The van der Waals surface area contributed by atoms with E-state index in [-0.39, 0.29) is 17.5 Å². The van der Waals surface area contributed by atoms with Gasteiger partial charge in [0.2, 0.25) is 0 Å². The Labute approximate surface area is 113 Å². The predicted octanol–water partition coefficient (Wildman–Crippen LogP) is 2.93. The van der Waals surface area contributed by atoms with Gasteiger partial charge < -0.3 is 4.74 Å². The van der Waals surface area contributed by atoms with Gasteiger partial charge in [0, 0.05) is 0 Å². The summed E-state index contributed by atoms with van der Waals surface area (Å²) in [5.41, 5.74) is 0.476. The molecule has 0 aromatic rings. The van der Waals surface area contributed by atoms with Crippen LogP contribution in [-0.4, -0.2) is 22.9 Å². The molecule has 3 aliphatic rings. The third-order valence-corrected chi connectivity index (χ3v) is 5.81. The number of rotatable bonds is 1. The van der Waals surface area contributed by atoms with Crippen LogP contribution in [0.3, 0.4) is 0 Å². The first-order chi connectivity index (χ1) is 8.93. The first kappa shape index (κ1) is 13.1. The molecular weight excluding hydrogens is 244 g/mol. The number of carbonyl (C=O) groups excluding carboxylic acids is 1. The molecule has 0 aromatic carbocycles. The van der Waals surface area contributed by atoms with Crippen LogP contribution in [0.1, 0.15) is 46.0 Å². The third-order valence-electron chi connectivity index (χ3n) is 5.81. The molecule has 0 unspecified atom stereocenters. The fourth-order valence-corrected chi connectivity index (χ4v) is 4.46. The van der Waals surface area contributed by atoms with Crippen molar-refractivity contribution in [1.29, 1.82) is 0 Å². The van der Waals surface area contributed by atoms with Crippen LogP contribution in [0.25, 0.3) is 0 Å². The minimum Gasteiger partial charge on any atom is -0.459 e. The van der Waals surface area contributed by atoms with Gasteiger partial charge in [-0.05, 0) is 50.4 Å². The Hall–Kier alpha value is -0.870. The maximum Gasteiger partial charge on any atom is 0.312 e. The first-order valence-electron chi connectivity index (χ1n) is 7.14. The Bertz CT molecular complexity index is 432. The molecule has 2 aliphatic carbocycles. The Morgan fingerprint density at radius 2 is 2.21 bits per heavy atom. The minimum atomic E-state index is -0.873. The van der Waals surface area contributed by atoms with Crippen molar-refractivity contribution in [2.45, 2.75) is 57.7 Å². The van der Waals surface area contributed by atoms with Crippen molar-refractivity contribution in [3.05, 3.63) is 12.2 Å². The van der Waals surface area contributed by atoms with Gasteiger partial charge in [-0.25, -0.2) is 4.89 Å². The van der Waals surface area contributed by atoms with Crippen LogP contribution in [0.2, 0.25) is 0 Å². The molecule has 0 spiro atoms. The molecule has 0 amide bonds. The summed E-state index contributed by atoms with van der Waals surface area (Å²) < 4.78 is 5.47. The molecule has 106 valence electrons. The van der Waals surface area contributed by atoms with Crippen LogP contribution in [0.4, 0.5) is 0 Å². The van der Waals surface area contributed by atoms with Crippen LogP contribution < -0.4 is 0 Å². The second-order valence-corrected chi connectivity index (χ2v) is 6.82. The van der Waals surface area contributed by atoms with Gasteiger partial charge in [-0.15, -0.1) is 0 Å². The van der Waals surface area contributed by atoms with Gasteiger partial charge in [-0.3, -0.25) is 10.1 Å². The Balaban J connectivity index is 1.99. The molecular formula is C15H22O4. The highest BCUT2D eigenvalue weighted by molar-refractivity contribution is 5.76. The smallest absolute Gasteiger partial charge is 0.312 e. The van der Waals surface area contributed by atoms with Crippen molar-refractivity contribution >= 4 is 5.97 Å². The minimum absolute atomic E-state index is 0.117. The predicted molar refractivity (Wildman–Crippen MR) is 69.3 cm³/mol. The lowest BCUT2D eigenvalue weighted by atomic mass is 9.54. The summed E-state index contributed by atoms with van der Waals surface area (Å²) in [4.78, 5) is 16.7. The normalized spacial score (nSPS) is 49.5. The topological polar surface area (TPSA) is 55.8 Å². The molecule has 0 radical (unpaired) electrons. The van der Waals surface area contributed by atoms with Gasteiger partial charge >= 0.3 is 5.97 Å². The van der Waals surface area contributed by atoms with Crippen molar-refractivity contribution in [2.75, 3.05) is 0 Å². The van der Waals surface area contributed by atoms with E-state index < -0.39 is 11.5 Å². The van der Waals surface area contributed by atoms with E-state index in [2.05, 4.69) is 13.5 Å². The van der Waals surface area contributed by atoms with Crippen LogP contribution in [0.5, 0.6) is 0 Å². The molecule has 4 heteroatoms. The highest BCUT2D eigenvalue weighted by atomic mass is 17.1. The van der Waals surface area contributed by atoms with E-state index in [1.165, 1.54) is 5.57 Å². The Kier molecular flexibility index (Phi) is 2.81. The number of hydrogen-bond acceptors (Lipinski definition) is 4. The standard InChI is InChI=1S/C15H22O4/c1-9-5-4-6-14(3)8-12-15(19-17,7-11(9)14)10(2)13(16)18-12/h10-12,17H,1,4-8H2,2-3H3/t10-,11+,12-,14-,15+/m1/s1. The number of ether oxygens (including phenoxy) is 1. The van der Waals surface area contributed by atoms with Crippen molar-refractivity contribution in [3.63, 3.8) is 0 Å². The molecule has 3 rings (SSSR count). The SMILES string of the molecule is C=C1CCC[C@]2(C)C[C@H]3OC(=O)[C@@H](C)[C@@]3(OO)C[C@@H]12. The molecule has 2 saturated carbocycles. The summed E-state index contributed by atoms with van der Waals surface area (Å²) in [7, 11) is 0. The summed E-state index contributed by atoms with van der Waals surface area (Å²) in [6.07, 6.45) is 4.38. The zero-order valence-electron chi connectivity index (χ0n) is 11.6. The molecule has 1 saturated heterocycles. The molecule has 4 nitrogen and oxygen atoms in total. The number of esters is 1. The molecule has 0 aromatic heterocycles. The second-order valence-electron chi connectivity index (χ2n) is 6.82. The maximum absolute atomic E-state index is 11.9. The largest absolute Gasteiger partial charge is 0.459 e. The highest BCUT2D eigenvalue weighted by Crippen LogP contribution is 2.59. The molecule has 1 N–H and O–H groups in total. The van der Waals surface area contributed by atoms with Gasteiger partial charge in [0.05, 0.1) is 5.92 Å². The van der Waals surface area contributed by atoms with E-state index in [0.29, 0.717) is 12.3 Å². The summed E-state index contributed by atoms with van der Waals surface area (Å²) in [6.45, 7) is 8.24. The monoisotopic (exact) mass is 266 g/mol. The quantitative estimate of drug-likeness (QED) is 0.343. The number of carbonyl (C=O) groups is 1. The number of allylic oxidation sites excluding steroid dienone is 1. The zero-order chi connectivity index (χ0) is 13.8. The van der Waals surface area contributed by atoms with E-state index >= 15 is 0 Å². The lowest BCUT2D eigenvalue weighted by molar-refractivity contribution is -0.356. The van der Waals surface area contributed by atoms with Crippen molar-refractivity contribution in [1.82, 2.24) is 0 Å². The van der Waals surface area contributed by atoms with Crippen molar-refractivity contribution in [2.24, 2.45) is 17.3 Å². The number of fused-ring (bicyclic) bond motifs is 2. The average molecular weight is 266 g/mol. The number of hydrogen-bond donors (Lipinski definition) is 1. The van der Waals surface area contributed by atoms with Gasteiger partial charge in [0.25, 0.3) is 0 Å². The van der Waals surface area contributed by atoms with E-state index in [1.54, 1.807) is 6.92 Å². The van der Waals surface area contributed by atoms with E-state index in [0.717, 1.165) is 25.7 Å². The summed E-state index contributed by atoms with van der Waals surface area (Å²) >= 11 is 0. The van der Waals surface area contributed by atoms with Gasteiger partial charge in [0.15, 0.2) is 5.60 Å². The summed E-state index contributed by atoms with van der Waals surface area (Å²) in [5, 5.41) is 9.44. The van der Waals surface area contributed by atoms with E-state index in [9.17, 15) is 10.1 Å². The van der Waals surface area contributed by atoms with Crippen LogP contribution in [0.15, 0.2) is 12.2 Å². The van der Waals surface area contributed by atoms with Gasteiger partial charge in [0.1, 0.15) is 6.10 Å². The highest BCUT2D eigenvalue weighted by Gasteiger charge is 2.64. The van der Waals surface area contributed by atoms with Crippen molar-refractivity contribution < 1.29 is 19.7 Å². The lowest BCUT2D eigenvalue weighted by Crippen LogP contribution is -2.56. The van der Waals surface area contributed by atoms with Gasteiger partial charge in [-0.1, -0.05) is 19.1 Å². The fourth-order valence-electron chi connectivity index (χ4n) is 4.46. The van der Waals surface area contributed by atoms with E-state index in [1.807, 2.05) is 0 Å².